The number of nitrogens with zero attached hydrogens (tertiary/aromatic N) is 3. The first kappa shape index (κ1) is 13.5. The van der Waals surface area contributed by atoms with Gasteiger partial charge in [0.25, 0.3) is 0 Å². The van der Waals surface area contributed by atoms with Crippen molar-refractivity contribution in [3.63, 3.8) is 0 Å². The van der Waals surface area contributed by atoms with Crippen LogP contribution in [0.25, 0.3) is 0 Å². The van der Waals surface area contributed by atoms with Crippen LogP contribution in [0.15, 0.2) is 11.4 Å². The molecule has 0 fully saturated rings. The van der Waals surface area contributed by atoms with Crippen molar-refractivity contribution in [3.05, 3.63) is 22.1 Å². The number of anilines is 1. The Kier molecular flexibility index (Phi) is 4.51. The number of methoxy groups -OCH3 is 2. The van der Waals surface area contributed by atoms with Gasteiger partial charge in [0, 0.05) is 5.38 Å². The van der Waals surface area contributed by atoms with Gasteiger partial charge in [-0.3, -0.25) is 0 Å². The van der Waals surface area contributed by atoms with Crippen LogP contribution in [0.3, 0.4) is 0 Å². The molecule has 0 unspecified atom stereocenters. The van der Waals surface area contributed by atoms with Crippen molar-refractivity contribution in [2.24, 2.45) is 0 Å². The quantitative estimate of drug-likeness (QED) is 0.874. The van der Waals surface area contributed by atoms with E-state index in [4.69, 9.17) is 9.47 Å². The number of thiazole rings is 1. The lowest BCUT2D eigenvalue weighted by Gasteiger charge is -2.07. The lowest BCUT2D eigenvalue weighted by Crippen LogP contribution is -2.05. The van der Waals surface area contributed by atoms with E-state index >= 15 is 0 Å². The van der Waals surface area contributed by atoms with Crippen LogP contribution in [0.4, 0.5) is 5.95 Å². The summed E-state index contributed by atoms with van der Waals surface area (Å²) in [7, 11) is 3.11. The van der Waals surface area contributed by atoms with Crippen LogP contribution in [-0.4, -0.2) is 29.2 Å². The number of aryl methyl sites for hydroxylation is 1. The van der Waals surface area contributed by atoms with Crippen LogP contribution < -0.4 is 14.8 Å². The van der Waals surface area contributed by atoms with Crippen LogP contribution in [0.2, 0.25) is 0 Å². The zero-order chi connectivity index (χ0) is 13.7. The molecule has 0 aliphatic heterocycles. The number of hydrogen-bond donors (Lipinski definition) is 1. The van der Waals surface area contributed by atoms with Crippen molar-refractivity contribution < 1.29 is 9.47 Å². The Balaban J connectivity index is 2.05. The highest BCUT2D eigenvalue weighted by Crippen LogP contribution is 2.18. The Morgan fingerprint density at radius 2 is 1.84 bits per heavy atom. The van der Waals surface area contributed by atoms with E-state index < -0.39 is 0 Å². The van der Waals surface area contributed by atoms with Crippen molar-refractivity contribution >= 4 is 17.3 Å². The maximum Gasteiger partial charge on any atom is 0.229 e. The third-order valence-electron chi connectivity index (χ3n) is 2.46. The summed E-state index contributed by atoms with van der Waals surface area (Å²) < 4.78 is 10.2. The van der Waals surface area contributed by atoms with E-state index in [1.807, 2.05) is 0 Å². The molecule has 2 aromatic heterocycles. The van der Waals surface area contributed by atoms with E-state index in [9.17, 15) is 0 Å². The molecule has 2 aromatic rings. The highest BCUT2D eigenvalue weighted by Gasteiger charge is 2.06. The van der Waals surface area contributed by atoms with Crippen molar-refractivity contribution in [2.75, 3.05) is 19.5 Å². The van der Waals surface area contributed by atoms with Crippen molar-refractivity contribution in [2.45, 2.75) is 19.9 Å². The first-order valence-electron chi connectivity index (χ1n) is 5.89. The summed E-state index contributed by atoms with van der Waals surface area (Å²) in [5.41, 5.74) is 1.10. The summed E-state index contributed by atoms with van der Waals surface area (Å²) in [6, 6.07) is 1.63. The maximum atomic E-state index is 5.09. The summed E-state index contributed by atoms with van der Waals surface area (Å²) in [6.07, 6.45) is 0.944. The Labute approximate surface area is 115 Å². The normalized spacial score (nSPS) is 10.3. The molecule has 0 saturated heterocycles. The molecule has 0 saturated carbocycles. The number of hydrogen-bond acceptors (Lipinski definition) is 7. The average Bonchev–Trinajstić information content (AvgIpc) is 2.92. The smallest absolute Gasteiger partial charge is 0.229 e. The summed E-state index contributed by atoms with van der Waals surface area (Å²) in [5, 5.41) is 6.18. The largest absolute Gasteiger partial charge is 0.481 e. The molecule has 102 valence electrons. The third kappa shape index (κ3) is 3.54. The fraction of sp³-hybridized carbons (Fsp3) is 0.417. The molecule has 0 spiro atoms. The molecule has 0 atom stereocenters. The van der Waals surface area contributed by atoms with Gasteiger partial charge in [0.2, 0.25) is 17.7 Å². The van der Waals surface area contributed by atoms with Crippen molar-refractivity contribution in [1.29, 1.82) is 0 Å². The molecule has 0 aromatic carbocycles. The molecule has 6 nitrogen and oxygen atoms in total. The topological polar surface area (TPSA) is 69.2 Å². The lowest BCUT2D eigenvalue weighted by atomic mass is 10.4. The van der Waals surface area contributed by atoms with E-state index in [1.165, 1.54) is 0 Å². The highest BCUT2D eigenvalue weighted by atomic mass is 32.1. The monoisotopic (exact) mass is 280 g/mol. The molecule has 1 N–H and O–H groups in total. The van der Waals surface area contributed by atoms with E-state index in [0.717, 1.165) is 17.1 Å². The molecule has 0 radical (unpaired) electrons. The van der Waals surface area contributed by atoms with Gasteiger partial charge < -0.3 is 14.8 Å². The van der Waals surface area contributed by atoms with Crippen LogP contribution in [-0.2, 0) is 13.0 Å². The Morgan fingerprint density at radius 1 is 1.16 bits per heavy atom. The summed E-state index contributed by atoms with van der Waals surface area (Å²) in [4.78, 5) is 12.9. The minimum absolute atomic E-state index is 0.461. The van der Waals surface area contributed by atoms with Gasteiger partial charge in [-0.15, -0.1) is 11.3 Å². The Hall–Kier alpha value is -1.89. The highest BCUT2D eigenvalue weighted by molar-refractivity contribution is 7.09. The molecule has 19 heavy (non-hydrogen) atoms. The SMILES string of the molecule is CCc1csc(CNc2nc(OC)cc(OC)n2)n1. The van der Waals surface area contributed by atoms with Gasteiger partial charge >= 0.3 is 0 Å². The van der Waals surface area contributed by atoms with E-state index in [1.54, 1.807) is 31.6 Å². The second-order valence-corrected chi connectivity index (χ2v) is 4.66. The molecular formula is C12H16N4O2S. The van der Waals surface area contributed by atoms with Crippen LogP contribution in [0.1, 0.15) is 17.6 Å². The minimum Gasteiger partial charge on any atom is -0.481 e. The van der Waals surface area contributed by atoms with Crippen LogP contribution >= 0.6 is 11.3 Å². The number of aromatic nitrogens is 3. The first-order chi connectivity index (χ1) is 9.25. The molecule has 2 rings (SSSR count). The first-order valence-corrected chi connectivity index (χ1v) is 6.77. The Bertz CT molecular complexity index is 522. The zero-order valence-electron chi connectivity index (χ0n) is 11.1. The predicted molar refractivity (Wildman–Crippen MR) is 74.0 cm³/mol. The minimum atomic E-state index is 0.461. The van der Waals surface area contributed by atoms with E-state index in [2.05, 4.69) is 32.6 Å². The maximum absolute atomic E-state index is 5.09. The van der Waals surface area contributed by atoms with Crippen LogP contribution in [0, 0.1) is 0 Å². The molecule has 0 aliphatic carbocycles. The van der Waals surface area contributed by atoms with E-state index in [-0.39, 0.29) is 0 Å². The number of nitrogens with one attached hydrogen (secondary N) is 1. The zero-order valence-corrected chi connectivity index (χ0v) is 12.0. The predicted octanol–water partition coefficient (Wildman–Crippen LogP) is 2.12. The van der Waals surface area contributed by atoms with Crippen molar-refractivity contribution in [1.82, 2.24) is 15.0 Å². The fourth-order valence-corrected chi connectivity index (χ4v) is 2.26. The van der Waals surface area contributed by atoms with Gasteiger partial charge in [-0.25, -0.2) is 4.98 Å². The molecule has 0 bridgehead atoms. The summed E-state index contributed by atoms with van der Waals surface area (Å²) in [6.45, 7) is 2.67. The van der Waals surface area contributed by atoms with Gasteiger partial charge in [0.15, 0.2) is 0 Å². The lowest BCUT2D eigenvalue weighted by molar-refractivity contribution is 0.373. The van der Waals surface area contributed by atoms with Gasteiger partial charge in [-0.2, -0.15) is 9.97 Å². The van der Waals surface area contributed by atoms with Crippen LogP contribution in [0.5, 0.6) is 11.8 Å². The summed E-state index contributed by atoms with van der Waals surface area (Å²) >= 11 is 1.62. The number of rotatable bonds is 6. The van der Waals surface area contributed by atoms with Gasteiger partial charge in [-0.05, 0) is 6.42 Å². The van der Waals surface area contributed by atoms with Gasteiger partial charge in [0.05, 0.1) is 32.5 Å². The Morgan fingerprint density at radius 3 is 2.37 bits per heavy atom. The second kappa shape index (κ2) is 6.33. The van der Waals surface area contributed by atoms with E-state index in [0.29, 0.717) is 24.3 Å². The molecule has 7 heteroatoms. The summed E-state index contributed by atoms with van der Waals surface area (Å²) in [5.74, 6) is 1.38. The molecule has 0 aliphatic rings. The fourth-order valence-electron chi connectivity index (χ4n) is 1.44. The third-order valence-corrected chi connectivity index (χ3v) is 3.35. The van der Waals surface area contributed by atoms with Crippen molar-refractivity contribution in [3.8, 4) is 11.8 Å². The van der Waals surface area contributed by atoms with Gasteiger partial charge in [-0.1, -0.05) is 6.92 Å². The molecule has 2 heterocycles. The molecular weight excluding hydrogens is 264 g/mol. The molecule has 0 amide bonds. The average molecular weight is 280 g/mol. The van der Waals surface area contributed by atoms with Gasteiger partial charge in [0.1, 0.15) is 5.01 Å². The second-order valence-electron chi connectivity index (χ2n) is 3.72. The number of ether oxygens (including phenoxy) is 2. The standard InChI is InChI=1S/C12H16N4O2S/c1-4-8-7-19-11(14-8)6-13-12-15-9(17-2)5-10(16-12)18-3/h5,7H,4,6H2,1-3H3,(H,13,15,16).